The lowest BCUT2D eigenvalue weighted by molar-refractivity contribution is 0.237. The first kappa shape index (κ1) is 10.8. The standard InChI is InChI=1S/C9H15BO2S/c1-3-4-7-12-10(11-2)9-6-5-8-13-9/h5-6,8H,3-4,7H2,1-2H3. The van der Waals surface area contributed by atoms with Gasteiger partial charge in [0.15, 0.2) is 0 Å². The van der Waals surface area contributed by atoms with Gasteiger partial charge in [-0.3, -0.25) is 0 Å². The van der Waals surface area contributed by atoms with Crippen molar-refractivity contribution in [1.82, 2.24) is 0 Å². The second-order valence-corrected chi connectivity index (χ2v) is 3.79. The minimum Gasteiger partial charge on any atom is -0.410 e. The quantitative estimate of drug-likeness (QED) is 0.513. The van der Waals surface area contributed by atoms with Crippen LogP contribution in [0.2, 0.25) is 0 Å². The van der Waals surface area contributed by atoms with Gasteiger partial charge in [0.2, 0.25) is 0 Å². The number of hydrogen-bond donors (Lipinski definition) is 0. The van der Waals surface area contributed by atoms with Crippen LogP contribution in [0.4, 0.5) is 0 Å². The van der Waals surface area contributed by atoms with E-state index in [4.69, 9.17) is 9.31 Å². The Morgan fingerprint density at radius 2 is 2.38 bits per heavy atom. The molecule has 0 saturated carbocycles. The molecule has 0 saturated heterocycles. The van der Waals surface area contributed by atoms with E-state index in [9.17, 15) is 0 Å². The third-order valence-electron chi connectivity index (χ3n) is 1.76. The maximum absolute atomic E-state index is 5.56. The van der Waals surface area contributed by atoms with Crippen LogP contribution in [0.5, 0.6) is 0 Å². The molecule has 1 heterocycles. The van der Waals surface area contributed by atoms with E-state index in [0.717, 1.165) is 24.2 Å². The fourth-order valence-electron chi connectivity index (χ4n) is 1.03. The molecule has 0 aliphatic rings. The van der Waals surface area contributed by atoms with Gasteiger partial charge in [-0.25, -0.2) is 0 Å². The summed E-state index contributed by atoms with van der Waals surface area (Å²) in [6, 6.07) is 4.04. The predicted molar refractivity (Wildman–Crippen MR) is 57.6 cm³/mol. The summed E-state index contributed by atoms with van der Waals surface area (Å²) in [6.07, 6.45) is 2.24. The van der Waals surface area contributed by atoms with Gasteiger partial charge in [-0.05, 0) is 11.8 Å². The first-order chi connectivity index (χ1) is 6.38. The van der Waals surface area contributed by atoms with Gasteiger partial charge in [-0.15, -0.1) is 0 Å². The van der Waals surface area contributed by atoms with Crippen molar-refractivity contribution in [2.45, 2.75) is 19.8 Å². The normalized spacial score (nSPS) is 10.3. The van der Waals surface area contributed by atoms with Gasteiger partial charge in [0.25, 0.3) is 0 Å². The van der Waals surface area contributed by atoms with E-state index < -0.39 is 0 Å². The molecule has 0 aromatic carbocycles. The third-order valence-corrected chi connectivity index (χ3v) is 2.65. The van der Waals surface area contributed by atoms with Gasteiger partial charge >= 0.3 is 7.12 Å². The van der Waals surface area contributed by atoms with Crippen LogP contribution in [-0.2, 0) is 9.31 Å². The van der Waals surface area contributed by atoms with Gasteiger partial charge in [-0.1, -0.05) is 25.5 Å². The fraction of sp³-hybridized carbons (Fsp3) is 0.556. The summed E-state index contributed by atoms with van der Waals surface area (Å²) in [5.74, 6) is 0. The fourth-order valence-corrected chi connectivity index (χ4v) is 1.77. The van der Waals surface area contributed by atoms with Crippen molar-refractivity contribution in [2.75, 3.05) is 13.7 Å². The van der Waals surface area contributed by atoms with Crippen molar-refractivity contribution in [1.29, 1.82) is 0 Å². The summed E-state index contributed by atoms with van der Waals surface area (Å²) in [6.45, 7) is 2.92. The first-order valence-electron chi connectivity index (χ1n) is 4.56. The molecule has 2 nitrogen and oxygen atoms in total. The number of unbranched alkanes of at least 4 members (excludes halogenated alkanes) is 1. The summed E-state index contributed by atoms with van der Waals surface area (Å²) in [5.41, 5.74) is 0. The molecule has 0 atom stereocenters. The van der Waals surface area contributed by atoms with Crippen LogP contribution in [-0.4, -0.2) is 20.8 Å². The summed E-state index contributed by atoms with van der Waals surface area (Å²) < 4.78 is 11.9. The Labute approximate surface area is 84.0 Å². The molecule has 0 aliphatic heterocycles. The summed E-state index contributed by atoms with van der Waals surface area (Å²) >= 11 is 1.66. The summed E-state index contributed by atoms with van der Waals surface area (Å²) in [5, 5.41) is 2.03. The highest BCUT2D eigenvalue weighted by Gasteiger charge is 2.19. The molecule has 0 N–H and O–H groups in total. The molecule has 72 valence electrons. The SMILES string of the molecule is CCCCOB(OC)c1cccs1. The lowest BCUT2D eigenvalue weighted by Crippen LogP contribution is -2.33. The molecule has 1 rings (SSSR count). The van der Waals surface area contributed by atoms with Gasteiger partial charge < -0.3 is 9.31 Å². The zero-order valence-electron chi connectivity index (χ0n) is 8.16. The molecule has 0 radical (unpaired) electrons. The zero-order valence-corrected chi connectivity index (χ0v) is 8.97. The second kappa shape index (κ2) is 6.19. The molecule has 13 heavy (non-hydrogen) atoms. The van der Waals surface area contributed by atoms with E-state index in [-0.39, 0.29) is 7.12 Å². The Kier molecular flexibility index (Phi) is 5.12. The summed E-state index contributed by atoms with van der Waals surface area (Å²) in [4.78, 5) is 0. The van der Waals surface area contributed by atoms with Crippen LogP contribution in [0, 0.1) is 0 Å². The summed E-state index contributed by atoms with van der Waals surface area (Å²) in [7, 11) is 1.50. The van der Waals surface area contributed by atoms with Crippen LogP contribution in [0.1, 0.15) is 19.8 Å². The minimum absolute atomic E-state index is 0.174. The molecular formula is C9H15BO2S. The number of rotatable bonds is 6. The van der Waals surface area contributed by atoms with Crippen molar-refractivity contribution in [2.24, 2.45) is 0 Å². The average molecular weight is 198 g/mol. The smallest absolute Gasteiger partial charge is 0.410 e. The predicted octanol–water partition coefficient (Wildman–Crippen LogP) is 1.91. The van der Waals surface area contributed by atoms with Crippen LogP contribution in [0.25, 0.3) is 0 Å². The van der Waals surface area contributed by atoms with E-state index in [1.54, 1.807) is 18.4 Å². The van der Waals surface area contributed by atoms with Crippen LogP contribution < -0.4 is 4.78 Å². The third kappa shape index (κ3) is 3.50. The lowest BCUT2D eigenvalue weighted by Gasteiger charge is -2.09. The highest BCUT2D eigenvalue weighted by molar-refractivity contribution is 7.20. The van der Waals surface area contributed by atoms with E-state index in [2.05, 4.69) is 6.92 Å². The van der Waals surface area contributed by atoms with E-state index >= 15 is 0 Å². The molecule has 0 spiro atoms. The number of thiophene rings is 1. The van der Waals surface area contributed by atoms with Gasteiger partial charge in [0, 0.05) is 18.5 Å². The maximum atomic E-state index is 5.56. The molecule has 0 fully saturated rings. The highest BCUT2D eigenvalue weighted by atomic mass is 32.1. The minimum atomic E-state index is -0.174. The highest BCUT2D eigenvalue weighted by Crippen LogP contribution is 2.00. The Bertz CT molecular complexity index is 213. The van der Waals surface area contributed by atoms with E-state index in [0.29, 0.717) is 0 Å². The Morgan fingerprint density at radius 1 is 1.54 bits per heavy atom. The lowest BCUT2D eigenvalue weighted by atomic mass is 9.88. The Balaban J connectivity index is 2.35. The van der Waals surface area contributed by atoms with Gasteiger partial charge in [0.1, 0.15) is 0 Å². The molecule has 0 unspecified atom stereocenters. The molecule has 1 aromatic heterocycles. The van der Waals surface area contributed by atoms with Gasteiger partial charge in [-0.2, -0.15) is 11.3 Å². The Morgan fingerprint density at radius 3 is 2.92 bits per heavy atom. The van der Waals surface area contributed by atoms with Crippen LogP contribution in [0.3, 0.4) is 0 Å². The monoisotopic (exact) mass is 198 g/mol. The molecular weight excluding hydrogens is 183 g/mol. The molecule has 0 amide bonds. The van der Waals surface area contributed by atoms with Crippen molar-refractivity contribution < 1.29 is 9.31 Å². The average Bonchev–Trinajstić information content (AvgIpc) is 2.65. The first-order valence-corrected chi connectivity index (χ1v) is 5.44. The number of hydrogen-bond acceptors (Lipinski definition) is 3. The van der Waals surface area contributed by atoms with Crippen molar-refractivity contribution >= 4 is 23.2 Å². The van der Waals surface area contributed by atoms with E-state index in [1.807, 2.05) is 17.5 Å². The second-order valence-electron chi connectivity index (χ2n) is 2.81. The van der Waals surface area contributed by atoms with Crippen LogP contribution >= 0.6 is 11.3 Å². The van der Waals surface area contributed by atoms with Gasteiger partial charge in [0.05, 0.1) is 0 Å². The largest absolute Gasteiger partial charge is 0.504 e. The van der Waals surface area contributed by atoms with Crippen molar-refractivity contribution in [3.05, 3.63) is 17.5 Å². The molecule has 0 bridgehead atoms. The zero-order chi connectivity index (χ0) is 9.52. The molecule has 0 aliphatic carbocycles. The Hall–Kier alpha value is -0.315. The molecule has 1 aromatic rings. The molecule has 4 heteroatoms. The maximum Gasteiger partial charge on any atom is 0.504 e. The van der Waals surface area contributed by atoms with Crippen molar-refractivity contribution in [3.8, 4) is 0 Å². The van der Waals surface area contributed by atoms with E-state index in [1.165, 1.54) is 0 Å². The van der Waals surface area contributed by atoms with Crippen molar-refractivity contribution in [3.63, 3.8) is 0 Å². The topological polar surface area (TPSA) is 18.5 Å². The van der Waals surface area contributed by atoms with Crippen LogP contribution in [0.15, 0.2) is 17.5 Å².